The summed E-state index contributed by atoms with van der Waals surface area (Å²) in [6.45, 7) is 12.0. The molecule has 1 N–H and O–H groups in total. The van der Waals surface area contributed by atoms with E-state index in [0.717, 1.165) is 44.7 Å². The average molecular weight is 530 g/mol. The summed E-state index contributed by atoms with van der Waals surface area (Å²) in [5, 5.41) is 8.39. The Morgan fingerprint density at radius 3 is 2.41 bits per heavy atom. The number of aromatic nitrogens is 6. The number of rotatable bonds is 5. The number of likely N-dealkylation sites (N-methyl/N-ethyl adjacent to an activating group) is 1. The van der Waals surface area contributed by atoms with Crippen LogP contribution in [-0.4, -0.2) is 67.2 Å². The second-order valence-electron chi connectivity index (χ2n) is 11.7. The predicted octanol–water partition coefficient (Wildman–Crippen LogP) is 3.03. The van der Waals surface area contributed by atoms with Gasteiger partial charge in [-0.1, -0.05) is 0 Å². The summed E-state index contributed by atoms with van der Waals surface area (Å²) in [5.41, 5.74) is 2.88. The molecule has 0 bridgehead atoms. The molecule has 1 aliphatic heterocycles. The summed E-state index contributed by atoms with van der Waals surface area (Å²) in [7, 11) is 2.16. The third-order valence-electron chi connectivity index (χ3n) is 7.45. The van der Waals surface area contributed by atoms with E-state index in [2.05, 4.69) is 51.3 Å². The van der Waals surface area contributed by atoms with Gasteiger partial charge in [0, 0.05) is 49.8 Å². The minimum atomic E-state index is -0.517. The Bertz CT molecular complexity index is 1670. The van der Waals surface area contributed by atoms with Crippen molar-refractivity contribution in [3.05, 3.63) is 62.8 Å². The van der Waals surface area contributed by atoms with E-state index in [-0.39, 0.29) is 17.2 Å². The van der Waals surface area contributed by atoms with Crippen LogP contribution < -0.4 is 21.3 Å². The van der Waals surface area contributed by atoms with Crippen molar-refractivity contribution >= 4 is 28.4 Å². The van der Waals surface area contributed by atoms with Crippen LogP contribution >= 0.6 is 0 Å². The van der Waals surface area contributed by atoms with Gasteiger partial charge in [0.1, 0.15) is 5.39 Å². The highest BCUT2D eigenvalue weighted by Gasteiger charge is 2.31. The Labute approximate surface area is 226 Å². The smallest absolute Gasteiger partial charge is 0.278 e. The average Bonchev–Trinajstić information content (AvgIpc) is 3.68. The van der Waals surface area contributed by atoms with E-state index in [1.54, 1.807) is 21.6 Å². The van der Waals surface area contributed by atoms with Gasteiger partial charge in [-0.05, 0) is 77.4 Å². The van der Waals surface area contributed by atoms with Crippen LogP contribution in [0.3, 0.4) is 0 Å². The number of hydrogen-bond donors (Lipinski definition) is 1. The summed E-state index contributed by atoms with van der Waals surface area (Å²) < 4.78 is 4.89. The summed E-state index contributed by atoms with van der Waals surface area (Å²) in [4.78, 5) is 40.0. The van der Waals surface area contributed by atoms with Crippen molar-refractivity contribution in [1.29, 1.82) is 0 Å². The lowest BCUT2D eigenvalue weighted by molar-refractivity contribution is 0.312. The summed E-state index contributed by atoms with van der Waals surface area (Å²) >= 11 is 0. The first-order valence-corrected chi connectivity index (χ1v) is 13.5. The molecule has 1 aromatic carbocycles. The van der Waals surface area contributed by atoms with Crippen LogP contribution in [0.1, 0.15) is 45.2 Å². The first-order valence-electron chi connectivity index (χ1n) is 13.5. The molecule has 0 amide bonds. The topological polar surface area (TPSA) is 106 Å². The minimum Gasteiger partial charge on any atom is -0.369 e. The van der Waals surface area contributed by atoms with Crippen molar-refractivity contribution in [2.45, 2.75) is 52.1 Å². The van der Waals surface area contributed by atoms with E-state index < -0.39 is 5.54 Å². The van der Waals surface area contributed by atoms with E-state index in [4.69, 9.17) is 4.98 Å². The van der Waals surface area contributed by atoms with Crippen molar-refractivity contribution in [1.82, 2.24) is 34.0 Å². The molecular weight excluding hydrogens is 494 g/mol. The van der Waals surface area contributed by atoms with E-state index in [9.17, 15) is 9.59 Å². The number of hydrogen-bond acceptors (Lipinski definition) is 8. The lowest BCUT2D eigenvalue weighted by Gasteiger charge is -2.35. The Kier molecular flexibility index (Phi) is 6.05. The highest BCUT2D eigenvalue weighted by atomic mass is 16.1. The van der Waals surface area contributed by atoms with Crippen LogP contribution in [-0.2, 0) is 5.54 Å². The van der Waals surface area contributed by atoms with Crippen molar-refractivity contribution < 1.29 is 0 Å². The highest BCUT2D eigenvalue weighted by Crippen LogP contribution is 2.35. The zero-order valence-electron chi connectivity index (χ0n) is 23.2. The van der Waals surface area contributed by atoms with E-state index in [0.29, 0.717) is 22.8 Å². The molecule has 1 saturated heterocycles. The van der Waals surface area contributed by atoms with E-state index in [1.807, 2.05) is 26.8 Å². The maximum Gasteiger partial charge on any atom is 0.278 e. The van der Waals surface area contributed by atoms with Crippen LogP contribution in [0.25, 0.3) is 16.9 Å². The Hall–Kier alpha value is -3.99. The third kappa shape index (κ3) is 4.71. The molecule has 0 atom stereocenters. The fourth-order valence-electron chi connectivity index (χ4n) is 5.19. The Morgan fingerprint density at radius 2 is 1.74 bits per heavy atom. The molecule has 3 aromatic heterocycles. The number of benzene rings is 1. The van der Waals surface area contributed by atoms with Crippen LogP contribution in [0.2, 0.25) is 0 Å². The molecule has 11 heteroatoms. The zero-order valence-corrected chi connectivity index (χ0v) is 23.2. The number of piperazine rings is 1. The maximum absolute atomic E-state index is 13.4. The molecule has 11 nitrogen and oxygen atoms in total. The summed E-state index contributed by atoms with van der Waals surface area (Å²) in [5.74, 6) is 0.862. The molecule has 0 unspecified atom stereocenters. The van der Waals surface area contributed by atoms with Crippen molar-refractivity contribution in [2.24, 2.45) is 0 Å². The highest BCUT2D eigenvalue weighted by molar-refractivity contribution is 5.77. The van der Waals surface area contributed by atoms with E-state index in [1.165, 1.54) is 22.0 Å². The standard InChI is InChI=1S/C28H35N9O2/c1-18-16-19(6-9-22(18)34-14-12-33(5)13-15-34)30-27-29-17-21-25(31-27)36(35(26(21)39)20-7-8-20)23-10-11-24(38)37(32-23)28(2,3)4/h6,9-11,16-17,20H,7-8,12-15H2,1-5H3,(H,29,30,31). The number of nitrogens with zero attached hydrogens (tertiary/aromatic N) is 8. The van der Waals surface area contributed by atoms with Gasteiger partial charge in [0.05, 0.1) is 11.6 Å². The van der Waals surface area contributed by atoms with Gasteiger partial charge in [0.2, 0.25) is 5.95 Å². The van der Waals surface area contributed by atoms with Gasteiger partial charge in [-0.2, -0.15) is 4.98 Å². The largest absolute Gasteiger partial charge is 0.369 e. The fraction of sp³-hybridized carbons (Fsp3) is 0.464. The first kappa shape index (κ1) is 25.3. The summed E-state index contributed by atoms with van der Waals surface area (Å²) in [6.07, 6.45) is 3.40. The number of anilines is 3. The molecule has 0 spiro atoms. The van der Waals surface area contributed by atoms with Gasteiger partial charge in [-0.15, -0.1) is 5.10 Å². The van der Waals surface area contributed by atoms with Gasteiger partial charge in [0.25, 0.3) is 11.1 Å². The molecular formula is C28H35N9O2. The Balaban J connectivity index is 1.39. The SMILES string of the molecule is Cc1cc(Nc2ncc3c(=O)n(C4CC4)n(-c4ccc(=O)n(C(C)(C)C)n4)c3n2)ccc1N1CCN(C)CC1. The van der Waals surface area contributed by atoms with Crippen molar-refractivity contribution in [3.8, 4) is 5.82 Å². The predicted molar refractivity (Wildman–Crippen MR) is 153 cm³/mol. The number of aryl methyl sites for hydroxylation is 1. The molecule has 4 heterocycles. The molecule has 2 fully saturated rings. The van der Waals surface area contributed by atoms with Crippen LogP contribution in [0, 0.1) is 6.92 Å². The quantitative estimate of drug-likeness (QED) is 0.421. The zero-order chi connectivity index (χ0) is 27.5. The molecule has 204 valence electrons. The van der Waals surface area contributed by atoms with Crippen molar-refractivity contribution in [2.75, 3.05) is 43.4 Å². The monoisotopic (exact) mass is 529 g/mol. The molecule has 6 rings (SSSR count). The maximum atomic E-state index is 13.4. The second kappa shape index (κ2) is 9.33. The lowest BCUT2D eigenvalue weighted by Crippen LogP contribution is -2.44. The molecule has 1 aliphatic carbocycles. The van der Waals surface area contributed by atoms with Gasteiger partial charge in [0.15, 0.2) is 11.5 Å². The van der Waals surface area contributed by atoms with Crippen molar-refractivity contribution in [3.63, 3.8) is 0 Å². The van der Waals surface area contributed by atoms with Gasteiger partial charge in [-0.25, -0.2) is 19.0 Å². The van der Waals surface area contributed by atoms with Gasteiger partial charge < -0.3 is 15.1 Å². The molecule has 39 heavy (non-hydrogen) atoms. The third-order valence-corrected chi connectivity index (χ3v) is 7.45. The molecule has 1 saturated carbocycles. The van der Waals surface area contributed by atoms with Gasteiger partial charge >= 0.3 is 0 Å². The molecule has 4 aromatic rings. The Morgan fingerprint density at radius 1 is 1.00 bits per heavy atom. The lowest BCUT2D eigenvalue weighted by atomic mass is 10.1. The fourth-order valence-corrected chi connectivity index (χ4v) is 5.19. The summed E-state index contributed by atoms with van der Waals surface area (Å²) in [6, 6.07) is 9.50. The molecule has 0 radical (unpaired) electrons. The first-order chi connectivity index (χ1) is 18.6. The number of nitrogens with one attached hydrogen (secondary N) is 1. The minimum absolute atomic E-state index is 0.0738. The van der Waals surface area contributed by atoms with E-state index >= 15 is 0 Å². The normalized spacial score (nSPS) is 16.7. The van der Waals surface area contributed by atoms with Crippen LogP contribution in [0.15, 0.2) is 46.1 Å². The molecule has 2 aliphatic rings. The van der Waals surface area contributed by atoms with Gasteiger partial charge in [-0.3, -0.25) is 9.59 Å². The second-order valence-corrected chi connectivity index (χ2v) is 11.7. The van der Waals surface area contributed by atoms with Crippen LogP contribution in [0.5, 0.6) is 0 Å². The van der Waals surface area contributed by atoms with Crippen LogP contribution in [0.4, 0.5) is 17.3 Å². The number of fused-ring (bicyclic) bond motifs is 1.